The molecule has 3 nitrogen and oxygen atoms in total. The van der Waals surface area contributed by atoms with E-state index < -0.39 is 11.7 Å². The van der Waals surface area contributed by atoms with Crippen molar-refractivity contribution in [3.05, 3.63) is 52.8 Å². The number of hydrogen-bond donors (Lipinski definition) is 1. The number of halogens is 4. The molecule has 1 saturated heterocycles. The highest BCUT2D eigenvalue weighted by molar-refractivity contribution is 7.81. The minimum absolute atomic E-state index is 0.278. The maximum atomic E-state index is 13.4. The average molecular weight is 454 g/mol. The van der Waals surface area contributed by atoms with E-state index in [-0.39, 0.29) is 5.15 Å². The lowest BCUT2D eigenvalue weighted by molar-refractivity contribution is -0.137. The number of thiocarbonyl (C=S) groups is 1. The molecule has 8 heteroatoms. The molecule has 160 valence electrons. The van der Waals surface area contributed by atoms with E-state index in [9.17, 15) is 13.2 Å². The fraction of sp³-hybridized carbons (Fsp3) is 0.455. The third kappa shape index (κ3) is 4.72. The summed E-state index contributed by atoms with van der Waals surface area (Å²) < 4.78 is 40.1. The number of piperidine rings is 1. The second-order valence-electron chi connectivity index (χ2n) is 8.09. The van der Waals surface area contributed by atoms with Gasteiger partial charge >= 0.3 is 6.18 Å². The lowest BCUT2D eigenvalue weighted by Crippen LogP contribution is -2.42. The Balaban J connectivity index is 1.63. The highest BCUT2D eigenvalue weighted by atomic mass is 35.5. The molecule has 2 heterocycles. The number of pyridine rings is 1. The maximum Gasteiger partial charge on any atom is 0.416 e. The van der Waals surface area contributed by atoms with Crippen LogP contribution in [0.5, 0.6) is 0 Å². The summed E-state index contributed by atoms with van der Waals surface area (Å²) in [5.41, 5.74) is 1.04. The number of nitrogens with zero attached hydrogens (tertiary/aromatic N) is 2. The molecule has 1 unspecified atom stereocenters. The summed E-state index contributed by atoms with van der Waals surface area (Å²) >= 11 is 11.4. The predicted octanol–water partition coefficient (Wildman–Crippen LogP) is 6.56. The quantitative estimate of drug-likeness (QED) is 0.421. The minimum Gasteiger partial charge on any atom is -0.370 e. The second-order valence-corrected chi connectivity index (χ2v) is 8.89. The molecule has 1 aliphatic carbocycles. The predicted molar refractivity (Wildman–Crippen MR) is 118 cm³/mol. The number of anilines is 2. The summed E-state index contributed by atoms with van der Waals surface area (Å²) in [6.07, 6.45) is 3.16. The molecular formula is C22H23ClF3N3S. The Morgan fingerprint density at radius 2 is 1.87 bits per heavy atom. The molecular weight excluding hydrogens is 431 g/mol. The first-order valence-electron chi connectivity index (χ1n) is 10.2. The topological polar surface area (TPSA) is 28.2 Å². The summed E-state index contributed by atoms with van der Waals surface area (Å²) in [5.74, 6) is 1.34. The van der Waals surface area contributed by atoms with Crippen molar-refractivity contribution in [1.82, 2.24) is 4.98 Å². The van der Waals surface area contributed by atoms with Crippen LogP contribution in [0.3, 0.4) is 0 Å². The molecule has 0 amide bonds. The normalized spacial score (nSPS) is 21.8. The van der Waals surface area contributed by atoms with Crippen molar-refractivity contribution in [3.63, 3.8) is 0 Å². The Kier molecular flexibility index (Phi) is 6.21. The van der Waals surface area contributed by atoms with Crippen molar-refractivity contribution in [2.45, 2.75) is 38.3 Å². The van der Waals surface area contributed by atoms with Crippen LogP contribution < -0.4 is 10.2 Å². The van der Waals surface area contributed by atoms with Gasteiger partial charge in [0.25, 0.3) is 0 Å². The number of hydrogen-bond acceptors (Lipinski definition) is 3. The van der Waals surface area contributed by atoms with Crippen LogP contribution in [-0.2, 0) is 6.18 Å². The van der Waals surface area contributed by atoms with Crippen LogP contribution in [-0.4, -0.2) is 23.1 Å². The Labute approximate surface area is 184 Å². The first-order chi connectivity index (χ1) is 14.3. The molecule has 4 rings (SSSR count). The molecule has 1 aromatic carbocycles. The molecule has 2 atom stereocenters. The lowest BCUT2D eigenvalue weighted by atomic mass is 9.75. The van der Waals surface area contributed by atoms with E-state index in [0.717, 1.165) is 43.2 Å². The summed E-state index contributed by atoms with van der Waals surface area (Å²) in [5, 5.41) is 3.32. The zero-order valence-corrected chi connectivity index (χ0v) is 18.0. The van der Waals surface area contributed by atoms with Gasteiger partial charge in [0, 0.05) is 24.8 Å². The van der Waals surface area contributed by atoms with Gasteiger partial charge in [0.1, 0.15) is 10.1 Å². The maximum absolute atomic E-state index is 13.4. The largest absolute Gasteiger partial charge is 0.416 e. The van der Waals surface area contributed by atoms with Crippen LogP contribution >= 0.6 is 23.8 Å². The first-order valence-corrected chi connectivity index (χ1v) is 11.0. The molecule has 0 bridgehead atoms. The Morgan fingerprint density at radius 1 is 1.10 bits per heavy atom. The molecule has 1 saturated carbocycles. The van der Waals surface area contributed by atoms with Crippen molar-refractivity contribution >= 4 is 40.2 Å². The molecule has 0 radical (unpaired) electrons. The molecule has 1 aliphatic heterocycles. The zero-order chi connectivity index (χ0) is 21.3. The van der Waals surface area contributed by atoms with E-state index in [2.05, 4.69) is 15.2 Å². The van der Waals surface area contributed by atoms with E-state index >= 15 is 0 Å². The van der Waals surface area contributed by atoms with Gasteiger partial charge in [0.05, 0.1) is 16.9 Å². The Morgan fingerprint density at radius 3 is 2.60 bits per heavy atom. The van der Waals surface area contributed by atoms with Crippen molar-refractivity contribution in [3.8, 4) is 0 Å². The van der Waals surface area contributed by atoms with Gasteiger partial charge in [-0.3, -0.25) is 0 Å². The van der Waals surface area contributed by atoms with E-state index in [0.29, 0.717) is 22.2 Å². The van der Waals surface area contributed by atoms with Gasteiger partial charge in [-0.2, -0.15) is 13.2 Å². The van der Waals surface area contributed by atoms with E-state index in [4.69, 9.17) is 23.8 Å². The number of benzene rings is 1. The van der Waals surface area contributed by atoms with Crippen LogP contribution in [0.2, 0.25) is 5.15 Å². The van der Waals surface area contributed by atoms with Gasteiger partial charge in [-0.25, -0.2) is 4.98 Å². The summed E-state index contributed by atoms with van der Waals surface area (Å²) in [6, 6.07) is 7.15. The monoisotopic (exact) mass is 453 g/mol. The minimum atomic E-state index is -4.42. The van der Waals surface area contributed by atoms with Gasteiger partial charge in [-0.05, 0) is 55.0 Å². The third-order valence-electron chi connectivity index (χ3n) is 6.19. The van der Waals surface area contributed by atoms with Gasteiger partial charge in [0.15, 0.2) is 0 Å². The van der Waals surface area contributed by atoms with Gasteiger partial charge in [-0.1, -0.05) is 43.1 Å². The van der Waals surface area contributed by atoms with Crippen LogP contribution in [0, 0.1) is 11.8 Å². The van der Waals surface area contributed by atoms with E-state index in [1.54, 1.807) is 18.2 Å². The second kappa shape index (κ2) is 8.71. The Hall–Kier alpha value is -1.86. The molecule has 1 aromatic heterocycles. The molecule has 2 aromatic rings. The SMILES string of the molecule is FC(F)(F)c1ccc(N2CC[C@@H]3CCCCC3C2)c(NC(=S)c2ccnc(Cl)c2)c1. The Bertz CT molecular complexity index is 934. The number of aromatic nitrogens is 1. The van der Waals surface area contributed by atoms with Crippen molar-refractivity contribution < 1.29 is 13.2 Å². The van der Waals surface area contributed by atoms with Gasteiger partial charge < -0.3 is 10.2 Å². The van der Waals surface area contributed by atoms with Crippen molar-refractivity contribution in [2.24, 2.45) is 11.8 Å². The number of fused-ring (bicyclic) bond motifs is 1. The van der Waals surface area contributed by atoms with Crippen LogP contribution in [0.25, 0.3) is 0 Å². The zero-order valence-electron chi connectivity index (χ0n) is 16.4. The smallest absolute Gasteiger partial charge is 0.370 e. The standard InChI is InChI=1S/C22H23ClF3N3S/c23-20-11-15(7-9-27-20)21(30)28-18-12-17(22(24,25)26)5-6-19(18)29-10-8-14-3-1-2-4-16(14)13-29/h5-7,9,11-12,14,16H,1-4,8,10,13H2,(H,28,30)/t14-,16?/m0/s1. The van der Waals surface area contributed by atoms with Crippen LogP contribution in [0.1, 0.15) is 43.2 Å². The number of nitrogens with one attached hydrogen (secondary N) is 1. The average Bonchev–Trinajstić information content (AvgIpc) is 2.72. The fourth-order valence-electron chi connectivity index (χ4n) is 4.65. The highest BCUT2D eigenvalue weighted by Crippen LogP contribution is 2.41. The number of rotatable bonds is 3. The fourth-order valence-corrected chi connectivity index (χ4v) is 5.06. The molecule has 2 fully saturated rings. The van der Waals surface area contributed by atoms with Crippen molar-refractivity contribution in [1.29, 1.82) is 0 Å². The molecule has 30 heavy (non-hydrogen) atoms. The molecule has 2 aliphatic rings. The lowest BCUT2D eigenvalue weighted by Gasteiger charge is -2.43. The van der Waals surface area contributed by atoms with Crippen LogP contribution in [0.15, 0.2) is 36.5 Å². The summed E-state index contributed by atoms with van der Waals surface area (Å²) in [6.45, 7) is 1.72. The van der Waals surface area contributed by atoms with Crippen molar-refractivity contribution in [2.75, 3.05) is 23.3 Å². The summed E-state index contributed by atoms with van der Waals surface area (Å²) in [4.78, 5) is 6.44. The third-order valence-corrected chi connectivity index (χ3v) is 6.74. The van der Waals surface area contributed by atoms with E-state index in [1.807, 2.05) is 0 Å². The number of alkyl halides is 3. The van der Waals surface area contributed by atoms with Gasteiger partial charge in [-0.15, -0.1) is 0 Å². The summed E-state index contributed by atoms with van der Waals surface area (Å²) in [7, 11) is 0. The van der Waals surface area contributed by atoms with Crippen LogP contribution in [0.4, 0.5) is 24.5 Å². The molecule has 1 N–H and O–H groups in total. The first kappa shape index (κ1) is 21.4. The van der Waals surface area contributed by atoms with Gasteiger partial charge in [0.2, 0.25) is 0 Å². The van der Waals surface area contributed by atoms with E-state index in [1.165, 1.54) is 31.9 Å². The highest BCUT2D eigenvalue weighted by Gasteiger charge is 2.34. The molecule has 0 spiro atoms.